The number of amides is 5. The van der Waals surface area contributed by atoms with E-state index in [9.17, 15) is 28.4 Å². The molecule has 4 saturated carbocycles. The number of nitrogens with zero attached hydrogens (tertiary/aromatic N) is 10. The fourth-order valence-electron chi connectivity index (χ4n) is 13.2. The minimum atomic E-state index is -0.571. The fourth-order valence-corrected chi connectivity index (χ4v) is 15.5. The number of ether oxygens (including phenoxy) is 2. The normalized spacial score (nSPS) is 16.5. The standard InChI is InChI=1S/C28H28FN5O3S.C17H13FN4OS.C11H19ClO.C9H16N2O.C6H13N.C3H4ClNO.Na.H/c1-32-16-22(31-17-32)25-15-21-27(38-25)24(9-10-30-21)37-23-8-7-18(13-20(23)29)14-26(35)34-12-11-33(28(34)36)19-5-3-2-4-6-19;1-22-8-13(21-9-22)16-7-12-17(24-16)15(4-5-20-12)23-14-3-2-10(19)6-11(14)18;12-8-4-7-11(13)9-10-5-2-1-3-6-10;12-9-10-6-7-11(9)8-4-2-1-3-5-8;7-6-4-2-1-3-5-6;4-1-2-5-3-6;;/h7-10,13,15-17,19H,2-6,11-12,14H2,1H3;2-9H,19H2,1H3;10H,1-9H2;8H,1-7H2,(H,10,12);6H,1-5,7H2;1-2H2;;/q;;;;;;+1;-1. The summed E-state index contributed by atoms with van der Waals surface area (Å²) in [7, 11) is 3.83. The van der Waals surface area contributed by atoms with E-state index in [4.69, 9.17) is 44.1 Å². The molecule has 14 rings (SSSR count). The summed E-state index contributed by atoms with van der Waals surface area (Å²) in [6, 6.07) is 17.4. The van der Waals surface area contributed by atoms with E-state index in [1.165, 1.54) is 161 Å². The number of urea groups is 2. The van der Waals surface area contributed by atoms with Gasteiger partial charge >= 0.3 is 41.6 Å². The molecule has 0 unspecified atom stereocenters. The first-order valence-electron chi connectivity index (χ1n) is 35.1. The average Bonchev–Trinajstić information content (AvgIpc) is 1.64. The maximum Gasteiger partial charge on any atom is 1.00 e. The SMILES string of the molecule is Cn1cnc(-c2cc3nccc(Oc4ccc(CC(=O)N5CCN(C6CCCCC6)C5=O)cc4F)c3s2)c1.Cn1cnc(-c2cc3nccc(Oc4ccc(N)cc4F)c3s2)c1.NC1CCCCC1.O=C(CCCCl)CC1CCCCC1.O=C1NCCN1C1CCCCC1.O=C=NCCCl.[H-].[Na+]. The Morgan fingerprint density at radius 3 is 1.64 bits per heavy atom. The summed E-state index contributed by atoms with van der Waals surface area (Å²) in [6.07, 6.45) is 39.4. The predicted octanol–water partition coefficient (Wildman–Crippen LogP) is 13.8. The molecule has 4 aliphatic carbocycles. The van der Waals surface area contributed by atoms with Crippen LogP contribution in [-0.4, -0.2) is 136 Å². The van der Waals surface area contributed by atoms with Gasteiger partial charge in [0.25, 0.3) is 0 Å². The van der Waals surface area contributed by atoms with Crippen molar-refractivity contribution in [3.63, 3.8) is 0 Å². The Hall–Kier alpha value is -6.86. The minimum Gasteiger partial charge on any atom is -1.00 e. The molecule has 538 valence electrons. The van der Waals surface area contributed by atoms with Gasteiger partial charge in [0.1, 0.15) is 17.3 Å². The van der Waals surface area contributed by atoms with Gasteiger partial charge in [-0.05, 0) is 92.8 Å². The van der Waals surface area contributed by atoms with Crippen LogP contribution in [0.25, 0.3) is 41.6 Å². The predicted molar refractivity (Wildman–Crippen MR) is 394 cm³/mol. The third-order valence-electron chi connectivity index (χ3n) is 18.4. The van der Waals surface area contributed by atoms with Crippen molar-refractivity contribution in [2.24, 2.45) is 30.7 Å². The number of nitrogens with one attached hydrogen (secondary N) is 1. The van der Waals surface area contributed by atoms with Gasteiger partial charge in [0.05, 0.1) is 67.2 Å². The number of fused-ring (bicyclic) bond motifs is 2. The van der Waals surface area contributed by atoms with E-state index in [-0.39, 0.29) is 72.9 Å². The van der Waals surface area contributed by atoms with Crippen molar-refractivity contribution in [2.45, 2.75) is 172 Å². The summed E-state index contributed by atoms with van der Waals surface area (Å²) in [4.78, 5) is 85.5. The van der Waals surface area contributed by atoms with Crippen LogP contribution in [0.15, 0.2) is 103 Å². The number of imidazole rings is 2. The van der Waals surface area contributed by atoms with Gasteiger partial charge in [-0.2, -0.15) is 0 Å². The molecule has 8 aromatic rings. The van der Waals surface area contributed by atoms with Crippen LogP contribution >= 0.6 is 45.9 Å². The molecule has 6 aliphatic rings. The quantitative estimate of drug-likeness (QED) is 0.0252. The Labute approximate surface area is 632 Å². The van der Waals surface area contributed by atoms with Crippen molar-refractivity contribution in [3.05, 3.63) is 115 Å². The number of aliphatic imine (C=N–C) groups is 1. The van der Waals surface area contributed by atoms with Gasteiger partial charge < -0.3 is 46.6 Å². The van der Waals surface area contributed by atoms with Gasteiger partial charge in [-0.3, -0.25) is 24.5 Å². The largest absolute Gasteiger partial charge is 1.00 e. The number of aryl methyl sites for hydroxylation is 2. The van der Waals surface area contributed by atoms with Crippen molar-refractivity contribution in [1.82, 2.24) is 49.1 Å². The number of nitrogen functional groups attached to an aromatic ring is 1. The molecule has 2 aromatic carbocycles. The van der Waals surface area contributed by atoms with E-state index in [2.05, 4.69) is 30.2 Å². The van der Waals surface area contributed by atoms with E-state index < -0.39 is 11.6 Å². The maximum atomic E-state index is 15.1. The number of rotatable bonds is 17. The molecule has 0 spiro atoms. The number of carbonyl (C=O) groups is 4. The maximum absolute atomic E-state index is 15.1. The number of hydrogen-bond acceptors (Lipinski definition) is 16. The molecule has 2 aliphatic heterocycles. The Morgan fingerprint density at radius 2 is 1.19 bits per heavy atom. The number of alkyl halides is 2. The number of thiophene rings is 2. The molecule has 101 heavy (non-hydrogen) atoms. The van der Waals surface area contributed by atoms with Crippen LogP contribution in [0.5, 0.6) is 23.0 Å². The van der Waals surface area contributed by atoms with Crippen LogP contribution in [0.2, 0.25) is 0 Å². The summed E-state index contributed by atoms with van der Waals surface area (Å²) in [5, 5.41) is 2.85. The third-order valence-corrected chi connectivity index (χ3v) is 21.2. The van der Waals surface area contributed by atoms with Crippen molar-refractivity contribution in [1.29, 1.82) is 0 Å². The molecule has 0 atom stereocenters. The molecule has 2 saturated heterocycles. The number of pyridine rings is 2. The van der Waals surface area contributed by atoms with Crippen LogP contribution in [0.3, 0.4) is 0 Å². The average molecular weight is 1470 g/mol. The Bertz CT molecular complexity index is 4000. The first kappa shape index (κ1) is 79.8. The van der Waals surface area contributed by atoms with Crippen LogP contribution < -0.4 is 55.8 Å². The van der Waals surface area contributed by atoms with Gasteiger partial charge in [0, 0.05) is 132 Å². The summed E-state index contributed by atoms with van der Waals surface area (Å²) < 4.78 is 46.1. The molecule has 0 bridgehead atoms. The van der Waals surface area contributed by atoms with Crippen LogP contribution in [-0.2, 0) is 34.9 Å². The second kappa shape index (κ2) is 41.4. The molecule has 5 N–H and O–H groups in total. The van der Waals surface area contributed by atoms with Crippen LogP contribution in [0.1, 0.15) is 155 Å². The van der Waals surface area contributed by atoms with Gasteiger partial charge in [-0.25, -0.2) is 38.1 Å². The van der Waals surface area contributed by atoms with Crippen molar-refractivity contribution in [2.75, 3.05) is 50.2 Å². The summed E-state index contributed by atoms with van der Waals surface area (Å²) in [5.41, 5.74) is 15.3. The number of aromatic nitrogens is 6. The second-order valence-electron chi connectivity index (χ2n) is 26.1. The van der Waals surface area contributed by atoms with E-state index in [1.807, 2.05) is 57.6 Å². The zero-order valence-corrected chi connectivity index (χ0v) is 63.4. The van der Waals surface area contributed by atoms with Crippen LogP contribution in [0.4, 0.5) is 24.1 Å². The first-order valence-corrected chi connectivity index (χ1v) is 37.8. The van der Waals surface area contributed by atoms with Crippen molar-refractivity contribution in [3.8, 4) is 44.1 Å². The van der Waals surface area contributed by atoms with E-state index in [0.717, 1.165) is 93.2 Å². The zero-order valence-electron chi connectivity index (χ0n) is 59.3. The number of nitrogens with two attached hydrogens (primary N) is 2. The second-order valence-corrected chi connectivity index (χ2v) is 28.9. The fraction of sp³-hybridized carbons (Fsp3) is 0.500. The number of hydrogen-bond donors (Lipinski definition) is 3. The molecular weight excluding hydrogens is 1380 g/mol. The number of ketones is 1. The van der Waals surface area contributed by atoms with Gasteiger partial charge in [-0.1, -0.05) is 96.0 Å². The van der Waals surface area contributed by atoms with Crippen LogP contribution in [0, 0.1) is 17.6 Å². The van der Waals surface area contributed by atoms with Gasteiger partial charge in [0.15, 0.2) is 23.1 Å². The molecule has 5 amide bonds. The Kier molecular flexibility index (Phi) is 32.8. The van der Waals surface area contributed by atoms with E-state index >= 15 is 4.39 Å². The number of imide groups is 1. The number of isocyanates is 1. The summed E-state index contributed by atoms with van der Waals surface area (Å²) in [6.45, 7) is 3.10. The van der Waals surface area contributed by atoms with Crippen molar-refractivity contribution >= 4 is 102 Å². The van der Waals surface area contributed by atoms with Crippen molar-refractivity contribution < 1.29 is 73.2 Å². The summed E-state index contributed by atoms with van der Waals surface area (Å²) >= 11 is 13.6. The van der Waals surface area contributed by atoms with Gasteiger partial charge in [-0.15, -0.1) is 45.9 Å². The molecule has 20 nitrogen and oxygen atoms in total. The Morgan fingerprint density at radius 1 is 0.663 bits per heavy atom. The van der Waals surface area contributed by atoms with E-state index in [1.54, 1.807) is 49.3 Å². The molecule has 0 radical (unpaired) electrons. The number of benzene rings is 2. The number of carbonyl (C=O) groups excluding carboxylic acids is 5. The molecular formula is C74H94Cl2F2N13NaO7S2. The molecule has 27 heteroatoms. The molecule has 8 heterocycles. The summed E-state index contributed by atoms with van der Waals surface area (Å²) in [5.74, 6) is 1.99. The zero-order chi connectivity index (χ0) is 70.8. The topological polar surface area (TPSA) is 251 Å². The monoisotopic (exact) mass is 1470 g/mol. The minimum absolute atomic E-state index is 0. The first-order chi connectivity index (χ1) is 48.6. The number of halogens is 4. The van der Waals surface area contributed by atoms with E-state index in [0.29, 0.717) is 84.3 Å². The number of Topliss-reactive ketones (excluding diaryl/α,β-unsaturated/α-hetero) is 1. The molecule has 6 aromatic heterocycles. The Balaban J connectivity index is 0.000000194. The third kappa shape index (κ3) is 24.1. The number of anilines is 1. The van der Waals surface area contributed by atoms with Gasteiger partial charge in [0.2, 0.25) is 12.0 Å². The molecule has 6 fully saturated rings. The smallest absolute Gasteiger partial charge is 1.00 e.